The van der Waals surface area contributed by atoms with Gasteiger partial charge in [-0.1, -0.05) is 102 Å². The van der Waals surface area contributed by atoms with Gasteiger partial charge in [-0.3, -0.25) is 0 Å². The summed E-state index contributed by atoms with van der Waals surface area (Å²) in [5.74, 6) is 9.97. The fraction of sp³-hybridized carbons (Fsp3) is 0.731. The maximum Gasteiger partial charge on any atom is 0.130 e. The Hall–Kier alpha value is -4.14. The normalized spacial score (nSPS) is 38.4. The fourth-order valence-electron chi connectivity index (χ4n) is 20.8. The van der Waals surface area contributed by atoms with Crippen LogP contribution in [0.4, 0.5) is 0 Å². The van der Waals surface area contributed by atoms with Crippen molar-refractivity contribution in [2.75, 3.05) is 48.3 Å². The molecule has 0 spiro atoms. The van der Waals surface area contributed by atoms with Crippen LogP contribution in [0.25, 0.3) is 0 Å². The lowest BCUT2D eigenvalue weighted by Crippen LogP contribution is -2.59. The van der Waals surface area contributed by atoms with Gasteiger partial charge in [-0.05, 0) is 127 Å². The molecule has 9 nitrogen and oxygen atoms in total. The van der Waals surface area contributed by atoms with Crippen molar-refractivity contribution < 1.29 is 43.4 Å². The number of phenols is 2. The molecule has 9 aliphatic rings. The Morgan fingerprint density at radius 1 is 0.368 bits per heavy atom. The number of phenolic OH excluding ortho intramolecular Hbond substituents is 2. The second kappa shape index (κ2) is 19.0. The van der Waals surface area contributed by atoms with E-state index in [0.717, 1.165) is 90.3 Å². The summed E-state index contributed by atoms with van der Waals surface area (Å²) in [6.07, 6.45) is 19.0. The molecule has 76 heavy (non-hydrogen) atoms. The lowest BCUT2D eigenvalue weighted by molar-refractivity contribution is -0.124. The maximum atomic E-state index is 10.8. The van der Waals surface area contributed by atoms with Gasteiger partial charge in [0.15, 0.2) is 0 Å². The van der Waals surface area contributed by atoms with E-state index in [2.05, 4.69) is 83.1 Å². The highest BCUT2D eigenvalue weighted by Crippen LogP contribution is 2.71. The van der Waals surface area contributed by atoms with Crippen molar-refractivity contribution in [1.82, 2.24) is 0 Å². The van der Waals surface area contributed by atoms with Crippen LogP contribution in [0.15, 0.2) is 36.4 Å². The van der Waals surface area contributed by atoms with E-state index in [1.807, 2.05) is 24.3 Å². The van der Waals surface area contributed by atoms with Gasteiger partial charge < -0.3 is 43.4 Å². The predicted molar refractivity (Wildman–Crippen MR) is 303 cm³/mol. The summed E-state index contributed by atoms with van der Waals surface area (Å²) >= 11 is 0. The first-order valence-electron chi connectivity index (χ1n) is 29.7. The molecule has 0 saturated heterocycles. The largest absolute Gasteiger partial charge is 0.507 e. The van der Waals surface area contributed by atoms with Crippen LogP contribution >= 0.6 is 0 Å². The van der Waals surface area contributed by atoms with Crippen LogP contribution in [0.5, 0.6) is 51.7 Å². The summed E-state index contributed by atoms with van der Waals surface area (Å²) in [5, 5.41) is 21.6. The van der Waals surface area contributed by atoms with E-state index in [9.17, 15) is 10.2 Å². The zero-order valence-corrected chi connectivity index (χ0v) is 49.9. The Balaban J connectivity index is 0.000000130. The second-order valence-electron chi connectivity index (χ2n) is 29.4. The number of aromatic hydroxyl groups is 2. The number of rotatable bonds is 4. The van der Waals surface area contributed by atoms with Crippen molar-refractivity contribution in [2.24, 2.45) is 68.0 Å². The molecule has 3 aromatic carbocycles. The highest BCUT2D eigenvalue weighted by molar-refractivity contribution is 5.58. The minimum Gasteiger partial charge on any atom is -0.507 e. The van der Waals surface area contributed by atoms with Crippen molar-refractivity contribution >= 4 is 0 Å². The van der Waals surface area contributed by atoms with Crippen LogP contribution in [-0.4, -0.2) is 58.5 Å². The first-order valence-corrected chi connectivity index (χ1v) is 29.7. The van der Waals surface area contributed by atoms with E-state index in [1.54, 1.807) is 40.6 Å². The number of hydrogen-bond acceptors (Lipinski definition) is 9. The predicted octanol–water partition coefficient (Wildman–Crippen LogP) is 16.2. The number of fused-ring (bicyclic) bond motifs is 15. The molecule has 6 saturated carbocycles. The molecule has 9 heteroatoms. The highest BCUT2D eigenvalue weighted by atomic mass is 16.5. The number of methoxy groups -OCH3 is 4. The summed E-state index contributed by atoms with van der Waals surface area (Å²) in [7, 11) is 6.72. The summed E-state index contributed by atoms with van der Waals surface area (Å²) in [6.45, 7) is 31.8. The zero-order chi connectivity index (χ0) is 54.8. The van der Waals surface area contributed by atoms with Gasteiger partial charge >= 0.3 is 0 Å². The van der Waals surface area contributed by atoms with Gasteiger partial charge in [-0.15, -0.1) is 0 Å². The van der Waals surface area contributed by atoms with Crippen LogP contribution in [0.1, 0.15) is 196 Å². The summed E-state index contributed by atoms with van der Waals surface area (Å²) in [4.78, 5) is 0. The standard InChI is InChI=1S/C23H34O3.2C22H32O3/c1-21(2)9-7-10-22(3)18(21)8-11-23(4)19(22)14-26-17-13-15(24-5)12-16(25-6)20(17)23;2*1-20(2)8-6-9-21(3)17(20)7-10-22(4)18(21)13-25-16-12-14(24-5)11-15(23)19(16)22/h12-13,18-19H,7-11,14H2,1-6H3;2*11-12,17-18,23H,6-10,13H2,1-5H3/t18-,19+,22-,23+;2*17-,18+,21-,22+/m000/s1. The van der Waals surface area contributed by atoms with Gasteiger partial charge in [0, 0.05) is 87.1 Å². The molecule has 0 aromatic heterocycles. The van der Waals surface area contributed by atoms with Gasteiger partial charge in [0.05, 0.1) is 48.3 Å². The van der Waals surface area contributed by atoms with E-state index in [4.69, 9.17) is 33.2 Å². The molecule has 0 bridgehead atoms. The SMILES string of the molecule is COc1cc(O)c2c(c1)OC[C@@H]1[C@@]3(C)CCCC(C)(C)[C@@H]3CC[C@@]21C.COc1cc(O)c2c(c1)OC[C@@H]1[C@@]3(C)CCCC(C)(C)[C@@H]3CC[C@@]21C.COc1cc(OC)c2c(c1)OC[C@@H]1[C@@]3(C)CCCC(C)(C)[C@@H]3CC[C@@]21C. The molecule has 3 aromatic rings. The Morgan fingerprint density at radius 2 is 0.671 bits per heavy atom. The molecule has 420 valence electrons. The average Bonchev–Trinajstić information content (AvgIpc) is 3.53. The minimum atomic E-state index is -0.0252. The third-order valence-corrected chi connectivity index (χ3v) is 24.4. The highest BCUT2D eigenvalue weighted by Gasteiger charge is 2.64. The van der Waals surface area contributed by atoms with Crippen molar-refractivity contribution in [1.29, 1.82) is 0 Å². The van der Waals surface area contributed by atoms with Gasteiger partial charge in [0.25, 0.3) is 0 Å². The minimum absolute atomic E-state index is 0.0252. The molecule has 0 unspecified atom stereocenters. The van der Waals surface area contributed by atoms with Crippen molar-refractivity contribution in [3.63, 3.8) is 0 Å². The maximum absolute atomic E-state index is 10.8. The second-order valence-corrected chi connectivity index (χ2v) is 29.4. The number of ether oxygens (including phenoxy) is 7. The smallest absolute Gasteiger partial charge is 0.130 e. The third kappa shape index (κ3) is 8.38. The van der Waals surface area contributed by atoms with Crippen LogP contribution < -0.4 is 33.2 Å². The van der Waals surface area contributed by atoms with Gasteiger partial charge in [-0.25, -0.2) is 0 Å². The van der Waals surface area contributed by atoms with E-state index in [-0.39, 0.29) is 27.1 Å². The Morgan fingerprint density at radius 3 is 0.987 bits per heavy atom. The van der Waals surface area contributed by atoms with Gasteiger partial charge in [0.1, 0.15) is 51.7 Å². The molecule has 12 rings (SSSR count). The molecule has 0 amide bonds. The van der Waals surface area contributed by atoms with E-state index < -0.39 is 0 Å². The van der Waals surface area contributed by atoms with E-state index in [0.29, 0.717) is 62.4 Å². The van der Waals surface area contributed by atoms with Crippen molar-refractivity contribution in [2.45, 2.75) is 196 Å². The molecule has 0 radical (unpaired) electrons. The van der Waals surface area contributed by atoms with Gasteiger partial charge in [0.2, 0.25) is 0 Å². The Labute approximate surface area is 458 Å². The van der Waals surface area contributed by atoms with Crippen molar-refractivity contribution in [3.8, 4) is 51.7 Å². The van der Waals surface area contributed by atoms with E-state index in [1.165, 1.54) is 89.0 Å². The summed E-state index contributed by atoms with van der Waals surface area (Å²) < 4.78 is 40.7. The molecule has 3 aliphatic heterocycles. The monoisotopic (exact) mass is 1050 g/mol. The lowest BCUT2D eigenvalue weighted by atomic mass is 9.42. The molecule has 6 fully saturated rings. The number of hydrogen-bond donors (Lipinski definition) is 2. The van der Waals surface area contributed by atoms with Crippen LogP contribution in [-0.2, 0) is 16.2 Å². The van der Waals surface area contributed by atoms with Crippen LogP contribution in [0, 0.1) is 68.0 Å². The lowest BCUT2D eigenvalue weighted by Gasteiger charge is -2.63. The Kier molecular flexibility index (Phi) is 13.8. The summed E-state index contributed by atoms with van der Waals surface area (Å²) in [5.41, 5.74) is 5.44. The molecule has 2 N–H and O–H groups in total. The molecule has 3 heterocycles. The Bertz CT molecular complexity index is 2530. The van der Waals surface area contributed by atoms with Crippen LogP contribution in [0.2, 0.25) is 0 Å². The average molecular weight is 1050 g/mol. The fourth-order valence-corrected chi connectivity index (χ4v) is 20.8. The van der Waals surface area contributed by atoms with Crippen molar-refractivity contribution in [3.05, 3.63) is 53.1 Å². The van der Waals surface area contributed by atoms with Gasteiger partial charge in [-0.2, -0.15) is 0 Å². The quantitative estimate of drug-likeness (QED) is 0.264. The first kappa shape index (κ1) is 55.2. The molecule has 6 aliphatic carbocycles. The number of benzene rings is 3. The topological polar surface area (TPSA) is 105 Å². The zero-order valence-electron chi connectivity index (χ0n) is 49.9. The van der Waals surface area contributed by atoms with Crippen LogP contribution in [0.3, 0.4) is 0 Å². The summed E-state index contributed by atoms with van der Waals surface area (Å²) in [6, 6.07) is 11.4. The molecular weight excluding hydrogens is 949 g/mol. The first-order chi connectivity index (χ1) is 35.7. The third-order valence-electron chi connectivity index (χ3n) is 24.4. The van der Waals surface area contributed by atoms with E-state index >= 15 is 0 Å². The molecular formula is C67H98O9. The molecule has 12 atom stereocenters.